The normalized spacial score (nSPS) is 16.4. The summed E-state index contributed by atoms with van der Waals surface area (Å²) in [4.78, 5) is 52.8. The summed E-state index contributed by atoms with van der Waals surface area (Å²) in [6, 6.07) is 29.0. The number of hydrogen-bond donors (Lipinski definition) is 6. The van der Waals surface area contributed by atoms with Crippen LogP contribution in [0.15, 0.2) is 103 Å². The number of rotatable bonds is 9. The summed E-state index contributed by atoms with van der Waals surface area (Å²) in [6.45, 7) is 3.88. The summed E-state index contributed by atoms with van der Waals surface area (Å²) >= 11 is 0. The van der Waals surface area contributed by atoms with Crippen LogP contribution in [0.25, 0.3) is 0 Å². The van der Waals surface area contributed by atoms with Crippen molar-refractivity contribution in [2.45, 2.75) is 25.2 Å². The number of ketones is 2. The van der Waals surface area contributed by atoms with Gasteiger partial charge in [0, 0.05) is 69.2 Å². The number of halogens is 2. The molecule has 53 heavy (non-hydrogen) atoms. The number of primary amides is 1. The minimum absolute atomic E-state index is 0. The highest BCUT2D eigenvalue weighted by atomic mass is 35.5. The Labute approximate surface area is 321 Å². The van der Waals surface area contributed by atoms with Crippen molar-refractivity contribution in [3.63, 3.8) is 0 Å². The summed E-state index contributed by atoms with van der Waals surface area (Å²) in [5.74, 6) is 1.22. The number of anilines is 1. The molecule has 15 heteroatoms. The van der Waals surface area contributed by atoms with Crippen LogP contribution in [-0.2, 0) is 13.1 Å². The van der Waals surface area contributed by atoms with Crippen LogP contribution in [0, 0.1) is 0 Å². The maximum Gasteiger partial charge on any atom is 0.322 e. The molecule has 13 nitrogen and oxygen atoms in total. The highest BCUT2D eigenvalue weighted by Crippen LogP contribution is 2.23. The molecule has 0 saturated carbocycles. The average molecular weight is 766 g/mol. The molecule has 4 aromatic rings. The van der Waals surface area contributed by atoms with Gasteiger partial charge in [-0.3, -0.25) is 9.59 Å². The molecule has 9 N–H and O–H groups in total. The van der Waals surface area contributed by atoms with Gasteiger partial charge in [-0.25, -0.2) is 9.59 Å². The van der Waals surface area contributed by atoms with Crippen molar-refractivity contribution < 1.29 is 23.9 Å². The number of urea groups is 2. The number of nitrogens with two attached hydrogens (primary N) is 3. The molecule has 0 radical (unpaired) electrons. The smallest absolute Gasteiger partial charge is 0.322 e. The second kappa shape index (κ2) is 20.9. The lowest BCUT2D eigenvalue weighted by atomic mass is 10.00. The lowest BCUT2D eigenvalue weighted by Gasteiger charge is -2.35. The van der Waals surface area contributed by atoms with Gasteiger partial charge in [-0.15, -0.1) is 24.8 Å². The predicted octanol–water partition coefficient (Wildman–Crippen LogP) is 4.15. The van der Waals surface area contributed by atoms with E-state index in [1.807, 2.05) is 54.6 Å². The van der Waals surface area contributed by atoms with Crippen LogP contribution in [0.4, 0.5) is 15.3 Å². The Bertz CT molecular complexity index is 1780. The number of amides is 4. The van der Waals surface area contributed by atoms with Crippen LogP contribution < -0.4 is 37.9 Å². The third-order valence-electron chi connectivity index (χ3n) is 8.67. The van der Waals surface area contributed by atoms with Gasteiger partial charge < -0.3 is 47.7 Å². The Morgan fingerprint density at radius 2 is 1.09 bits per heavy atom. The highest BCUT2D eigenvalue weighted by molar-refractivity contribution is 6.03. The fourth-order valence-electron chi connectivity index (χ4n) is 5.81. The summed E-state index contributed by atoms with van der Waals surface area (Å²) in [7, 11) is 0. The van der Waals surface area contributed by atoms with Crippen LogP contribution >= 0.6 is 24.8 Å². The molecule has 2 saturated heterocycles. The summed E-state index contributed by atoms with van der Waals surface area (Å²) < 4.78 is 5.78. The number of carbonyl (C=O) groups excluding carboxylic acids is 4. The van der Waals surface area contributed by atoms with Gasteiger partial charge in [0.1, 0.15) is 23.6 Å². The van der Waals surface area contributed by atoms with Crippen LogP contribution in [0.5, 0.6) is 11.5 Å². The second-order valence-corrected chi connectivity index (χ2v) is 12.1. The monoisotopic (exact) mass is 764 g/mol. The molecular formula is C38H46Cl2N8O5. The van der Waals surface area contributed by atoms with E-state index in [1.165, 1.54) is 4.90 Å². The third kappa shape index (κ3) is 11.5. The number of nitrogens with one attached hydrogen (secondary N) is 3. The lowest BCUT2D eigenvalue weighted by molar-refractivity contribution is 0.0822. The molecule has 2 fully saturated rings. The molecule has 4 aromatic carbocycles. The van der Waals surface area contributed by atoms with Crippen molar-refractivity contribution in [3.8, 4) is 11.5 Å². The van der Waals surface area contributed by atoms with Gasteiger partial charge >= 0.3 is 12.1 Å². The second-order valence-electron chi connectivity index (χ2n) is 12.1. The maximum atomic E-state index is 13.1. The van der Waals surface area contributed by atoms with E-state index in [2.05, 4.69) is 16.0 Å². The first-order chi connectivity index (χ1) is 24.8. The van der Waals surface area contributed by atoms with Gasteiger partial charge in [0.2, 0.25) is 0 Å². The number of hydrogen-bond acceptors (Lipinski definition) is 9. The van der Waals surface area contributed by atoms with Gasteiger partial charge in [-0.1, -0.05) is 66.7 Å². The van der Waals surface area contributed by atoms with E-state index >= 15 is 0 Å². The largest absolute Gasteiger partial charge is 0.457 e. The number of carbonyl (C=O) groups is 4. The molecule has 6 rings (SSSR count). The zero-order valence-electron chi connectivity index (χ0n) is 29.1. The fraction of sp³-hybridized carbons (Fsp3) is 0.263. The molecule has 2 unspecified atom stereocenters. The molecule has 0 spiro atoms. The maximum absolute atomic E-state index is 13.1. The predicted molar refractivity (Wildman–Crippen MR) is 210 cm³/mol. The van der Waals surface area contributed by atoms with Gasteiger partial charge in [0.05, 0.1) is 0 Å². The number of benzene rings is 4. The Balaban J connectivity index is 0.000000310. The Kier molecular flexibility index (Phi) is 16.7. The van der Waals surface area contributed by atoms with Crippen molar-refractivity contribution in [3.05, 3.63) is 125 Å². The van der Waals surface area contributed by atoms with E-state index < -0.39 is 18.1 Å². The van der Waals surface area contributed by atoms with E-state index in [0.29, 0.717) is 74.9 Å². The summed E-state index contributed by atoms with van der Waals surface area (Å²) in [5, 5.41) is 9.20. The van der Waals surface area contributed by atoms with Gasteiger partial charge in [-0.2, -0.15) is 0 Å². The topological polar surface area (TPSA) is 198 Å². The quantitative estimate of drug-likeness (QED) is 0.136. The molecule has 0 bridgehead atoms. The van der Waals surface area contributed by atoms with Crippen molar-refractivity contribution in [2.24, 2.45) is 17.2 Å². The molecule has 0 aliphatic carbocycles. The number of para-hydroxylation sites is 1. The van der Waals surface area contributed by atoms with Crippen molar-refractivity contribution in [2.75, 3.05) is 44.6 Å². The Morgan fingerprint density at radius 1 is 0.642 bits per heavy atom. The molecule has 0 aromatic heterocycles. The van der Waals surface area contributed by atoms with Gasteiger partial charge in [-0.05, 0) is 47.5 Å². The summed E-state index contributed by atoms with van der Waals surface area (Å²) in [5.41, 5.74) is 20.1. The number of nitrogens with zero attached hydrogens (tertiary/aromatic N) is 2. The fourth-order valence-corrected chi connectivity index (χ4v) is 5.81. The molecule has 2 aliphatic rings. The van der Waals surface area contributed by atoms with Crippen molar-refractivity contribution in [1.82, 2.24) is 20.4 Å². The van der Waals surface area contributed by atoms with Crippen molar-refractivity contribution >= 4 is 54.1 Å². The molecule has 4 amide bonds. The van der Waals surface area contributed by atoms with E-state index in [-0.39, 0.29) is 42.4 Å². The molecular weight excluding hydrogens is 719 g/mol. The van der Waals surface area contributed by atoms with Gasteiger partial charge in [0.25, 0.3) is 0 Å². The zero-order valence-corrected chi connectivity index (χ0v) is 30.7. The Morgan fingerprint density at radius 3 is 1.57 bits per heavy atom. The molecule has 282 valence electrons. The number of Topliss-reactive ketones (excluding diaryl/α,β-unsaturated/α-hetero) is 2. The van der Waals surface area contributed by atoms with Crippen LogP contribution in [0.3, 0.4) is 0 Å². The first-order valence-corrected chi connectivity index (χ1v) is 16.8. The lowest BCUT2D eigenvalue weighted by Crippen LogP contribution is -2.58. The average Bonchev–Trinajstić information content (AvgIpc) is 3.18. The molecule has 2 aliphatic heterocycles. The first kappa shape index (κ1) is 42.4. The third-order valence-corrected chi connectivity index (χ3v) is 8.67. The highest BCUT2D eigenvalue weighted by Gasteiger charge is 2.33. The van der Waals surface area contributed by atoms with Gasteiger partial charge in [0.15, 0.2) is 11.6 Å². The van der Waals surface area contributed by atoms with Crippen LogP contribution in [0.2, 0.25) is 0 Å². The minimum atomic E-state index is -0.576. The summed E-state index contributed by atoms with van der Waals surface area (Å²) in [6.07, 6.45) is 0. The first-order valence-electron chi connectivity index (χ1n) is 16.8. The van der Waals surface area contributed by atoms with E-state index in [4.69, 9.17) is 21.9 Å². The minimum Gasteiger partial charge on any atom is -0.457 e. The standard InChI is InChI=1S/C25H26N4O3.C13H18N4O2.2ClH/c26-16-18-6-8-19(9-7-18)24(30)23-17-27-14-15-29(23)25(31)28-20-10-12-22(13-11-20)32-21-4-2-1-3-5-21;14-7-9-1-3-10(4-2-9)12(18)11-8-16-5-6-17(11)13(15)19;;/h1-13,23,27H,14-17,26H2,(H,28,31);1-4,11,16H,5-8,14H2,(H2,15,19);2*1H. The zero-order chi connectivity index (χ0) is 36.2. The SMILES string of the molecule is Cl.Cl.NCc1ccc(C(=O)C2CNCCN2C(=O)Nc2ccc(Oc3ccccc3)cc2)cc1.NCc1ccc(C(=O)C2CNCCN2C(N)=O)cc1. The van der Waals surface area contributed by atoms with E-state index in [0.717, 1.165) is 16.9 Å². The van der Waals surface area contributed by atoms with E-state index in [9.17, 15) is 19.2 Å². The van der Waals surface area contributed by atoms with Crippen LogP contribution in [-0.4, -0.2) is 84.8 Å². The van der Waals surface area contributed by atoms with Crippen LogP contribution in [0.1, 0.15) is 31.8 Å². The Hall–Kier alpha value is -5.02. The van der Waals surface area contributed by atoms with E-state index in [1.54, 1.807) is 53.4 Å². The number of ether oxygens (including phenoxy) is 1. The molecule has 2 heterocycles. The molecule has 2 atom stereocenters. The van der Waals surface area contributed by atoms with Crippen molar-refractivity contribution in [1.29, 1.82) is 0 Å². The number of piperazine rings is 2.